The zero-order valence-corrected chi connectivity index (χ0v) is 13.0. The molecule has 0 saturated carbocycles. The maximum absolute atomic E-state index is 4.65. The number of unbranched alkanes of at least 4 members (excludes halogenated alkanes) is 1. The Balaban J connectivity index is 2.32. The molecule has 0 saturated heterocycles. The van der Waals surface area contributed by atoms with E-state index in [1.807, 2.05) is 12.3 Å². The Bertz CT molecular complexity index is 525. The minimum atomic E-state index is 0.856. The van der Waals surface area contributed by atoms with Gasteiger partial charge in [-0.05, 0) is 31.2 Å². The molecule has 1 aromatic heterocycles. The van der Waals surface area contributed by atoms with Gasteiger partial charge in [-0.15, -0.1) is 0 Å². The highest BCUT2D eigenvalue weighted by atomic mass is 15.2. The summed E-state index contributed by atoms with van der Waals surface area (Å²) in [6.45, 7) is 7.17. The number of pyridine rings is 1. The van der Waals surface area contributed by atoms with Crippen LogP contribution in [-0.4, -0.2) is 18.1 Å². The molecule has 0 spiro atoms. The smallest absolute Gasteiger partial charge is 0.137 e. The lowest BCUT2D eigenvalue weighted by molar-refractivity contribution is 0.716. The predicted octanol–water partition coefficient (Wildman–Crippen LogP) is 4.13. The van der Waals surface area contributed by atoms with Gasteiger partial charge in [-0.3, -0.25) is 0 Å². The molecule has 0 bridgehead atoms. The molecule has 0 aliphatic carbocycles. The number of hydrogen-bond donors (Lipinski definition) is 1. The molecule has 0 unspecified atom stereocenters. The van der Waals surface area contributed by atoms with E-state index >= 15 is 0 Å². The van der Waals surface area contributed by atoms with Gasteiger partial charge in [0, 0.05) is 30.5 Å². The summed E-state index contributed by atoms with van der Waals surface area (Å²) in [6.07, 6.45) is 4.22. The Labute approximate surface area is 128 Å². The van der Waals surface area contributed by atoms with E-state index in [2.05, 4.69) is 65.4 Å². The standard InChI is InChI=1S/C18H25N3/c1-3-5-14-21(17-11-7-6-8-12-17)18-16(15-19-4-2)10-9-13-20-18/h6-13,19H,3-5,14-15H2,1-2H3. The van der Waals surface area contributed by atoms with Crippen molar-refractivity contribution in [3.63, 3.8) is 0 Å². The fourth-order valence-corrected chi connectivity index (χ4v) is 2.35. The normalized spacial score (nSPS) is 10.6. The Hall–Kier alpha value is -1.87. The zero-order chi connectivity index (χ0) is 14.9. The fraction of sp³-hybridized carbons (Fsp3) is 0.389. The van der Waals surface area contributed by atoms with Crippen LogP contribution < -0.4 is 10.2 Å². The quantitative estimate of drug-likeness (QED) is 0.789. The average molecular weight is 283 g/mol. The van der Waals surface area contributed by atoms with E-state index in [4.69, 9.17) is 0 Å². The van der Waals surface area contributed by atoms with Gasteiger partial charge < -0.3 is 10.2 Å². The molecular weight excluding hydrogens is 258 g/mol. The molecular formula is C18H25N3. The molecule has 0 aliphatic heterocycles. The van der Waals surface area contributed by atoms with Crippen molar-refractivity contribution < 1.29 is 0 Å². The van der Waals surface area contributed by atoms with Crippen LogP contribution >= 0.6 is 0 Å². The molecule has 0 fully saturated rings. The minimum absolute atomic E-state index is 0.856. The van der Waals surface area contributed by atoms with E-state index in [0.717, 1.165) is 31.9 Å². The van der Waals surface area contributed by atoms with Gasteiger partial charge in [0.25, 0.3) is 0 Å². The highest BCUT2D eigenvalue weighted by Crippen LogP contribution is 2.26. The van der Waals surface area contributed by atoms with Crippen molar-refractivity contribution in [2.75, 3.05) is 18.0 Å². The largest absolute Gasteiger partial charge is 0.326 e. The van der Waals surface area contributed by atoms with Crippen LogP contribution in [0.1, 0.15) is 32.3 Å². The van der Waals surface area contributed by atoms with Crippen molar-refractivity contribution >= 4 is 11.5 Å². The number of aromatic nitrogens is 1. The van der Waals surface area contributed by atoms with Gasteiger partial charge in [-0.2, -0.15) is 0 Å². The van der Waals surface area contributed by atoms with Gasteiger partial charge >= 0.3 is 0 Å². The lowest BCUT2D eigenvalue weighted by atomic mass is 10.2. The number of nitrogens with zero attached hydrogens (tertiary/aromatic N) is 2. The summed E-state index contributed by atoms with van der Waals surface area (Å²) >= 11 is 0. The summed E-state index contributed by atoms with van der Waals surface area (Å²) in [5.41, 5.74) is 2.46. The van der Waals surface area contributed by atoms with Crippen LogP contribution in [-0.2, 0) is 6.54 Å². The maximum atomic E-state index is 4.65. The second-order valence-electron chi connectivity index (χ2n) is 5.11. The summed E-state index contributed by atoms with van der Waals surface area (Å²) in [5.74, 6) is 1.07. The Morgan fingerprint density at radius 3 is 2.57 bits per heavy atom. The van der Waals surface area contributed by atoms with E-state index in [1.165, 1.54) is 17.7 Å². The fourth-order valence-electron chi connectivity index (χ4n) is 2.35. The van der Waals surface area contributed by atoms with Gasteiger partial charge in [0.15, 0.2) is 0 Å². The van der Waals surface area contributed by atoms with Gasteiger partial charge in [0.2, 0.25) is 0 Å². The lowest BCUT2D eigenvalue weighted by Crippen LogP contribution is -2.23. The van der Waals surface area contributed by atoms with Crippen LogP contribution in [0.3, 0.4) is 0 Å². The van der Waals surface area contributed by atoms with Crippen LogP contribution in [0.25, 0.3) is 0 Å². The molecule has 0 amide bonds. The molecule has 1 heterocycles. The Kier molecular flexibility index (Phi) is 6.22. The summed E-state index contributed by atoms with van der Waals surface area (Å²) in [4.78, 5) is 6.98. The number of anilines is 2. The number of hydrogen-bond acceptors (Lipinski definition) is 3. The summed E-state index contributed by atoms with van der Waals surface area (Å²) < 4.78 is 0. The number of benzene rings is 1. The third-order valence-electron chi connectivity index (χ3n) is 3.49. The first kappa shape index (κ1) is 15.5. The Morgan fingerprint density at radius 1 is 1.05 bits per heavy atom. The van der Waals surface area contributed by atoms with Crippen molar-refractivity contribution in [3.05, 3.63) is 54.2 Å². The van der Waals surface area contributed by atoms with E-state index < -0.39 is 0 Å². The number of nitrogens with one attached hydrogen (secondary N) is 1. The molecule has 0 radical (unpaired) electrons. The topological polar surface area (TPSA) is 28.2 Å². The molecule has 1 aromatic carbocycles. The molecule has 3 heteroatoms. The van der Waals surface area contributed by atoms with Crippen molar-refractivity contribution in [1.82, 2.24) is 10.3 Å². The third kappa shape index (κ3) is 4.30. The summed E-state index contributed by atoms with van der Waals surface area (Å²) in [5, 5.41) is 3.40. The van der Waals surface area contributed by atoms with Crippen molar-refractivity contribution in [2.45, 2.75) is 33.2 Å². The van der Waals surface area contributed by atoms with Crippen LogP contribution in [0.15, 0.2) is 48.7 Å². The second kappa shape index (κ2) is 8.42. The molecule has 0 aliphatic rings. The van der Waals surface area contributed by atoms with Gasteiger partial charge in [-0.25, -0.2) is 4.98 Å². The maximum Gasteiger partial charge on any atom is 0.137 e. The van der Waals surface area contributed by atoms with E-state index in [0.29, 0.717) is 0 Å². The highest BCUT2D eigenvalue weighted by molar-refractivity contribution is 5.62. The van der Waals surface area contributed by atoms with Crippen LogP contribution in [0.5, 0.6) is 0 Å². The molecule has 0 atom stereocenters. The molecule has 112 valence electrons. The Morgan fingerprint density at radius 2 is 1.86 bits per heavy atom. The van der Waals surface area contributed by atoms with Crippen LogP contribution in [0, 0.1) is 0 Å². The van der Waals surface area contributed by atoms with Gasteiger partial charge in [0.05, 0.1) is 0 Å². The number of rotatable bonds is 8. The molecule has 2 rings (SSSR count). The predicted molar refractivity (Wildman–Crippen MR) is 90.0 cm³/mol. The van der Waals surface area contributed by atoms with Crippen molar-refractivity contribution in [3.8, 4) is 0 Å². The third-order valence-corrected chi connectivity index (χ3v) is 3.49. The minimum Gasteiger partial charge on any atom is -0.326 e. The van der Waals surface area contributed by atoms with Crippen molar-refractivity contribution in [1.29, 1.82) is 0 Å². The first-order chi connectivity index (χ1) is 10.4. The van der Waals surface area contributed by atoms with E-state index in [-0.39, 0.29) is 0 Å². The SMILES string of the molecule is CCCCN(c1ccccc1)c1ncccc1CNCC. The number of para-hydroxylation sites is 1. The van der Waals surface area contributed by atoms with Crippen LogP contribution in [0.4, 0.5) is 11.5 Å². The second-order valence-corrected chi connectivity index (χ2v) is 5.11. The van der Waals surface area contributed by atoms with Crippen LogP contribution in [0.2, 0.25) is 0 Å². The zero-order valence-electron chi connectivity index (χ0n) is 13.0. The summed E-state index contributed by atoms with van der Waals surface area (Å²) in [7, 11) is 0. The lowest BCUT2D eigenvalue weighted by Gasteiger charge is -2.26. The molecule has 3 nitrogen and oxygen atoms in total. The molecule has 21 heavy (non-hydrogen) atoms. The van der Waals surface area contributed by atoms with Gasteiger partial charge in [-0.1, -0.05) is 44.5 Å². The van der Waals surface area contributed by atoms with E-state index in [9.17, 15) is 0 Å². The molecule has 1 N–H and O–H groups in total. The average Bonchev–Trinajstić information content (AvgIpc) is 2.55. The highest BCUT2D eigenvalue weighted by Gasteiger charge is 2.13. The molecule has 2 aromatic rings. The van der Waals surface area contributed by atoms with Crippen molar-refractivity contribution in [2.24, 2.45) is 0 Å². The monoisotopic (exact) mass is 283 g/mol. The first-order valence-electron chi connectivity index (χ1n) is 7.84. The summed E-state index contributed by atoms with van der Waals surface area (Å²) in [6, 6.07) is 14.7. The van der Waals surface area contributed by atoms with E-state index in [1.54, 1.807) is 0 Å². The van der Waals surface area contributed by atoms with Gasteiger partial charge in [0.1, 0.15) is 5.82 Å². The first-order valence-corrected chi connectivity index (χ1v) is 7.84.